The lowest BCUT2D eigenvalue weighted by Crippen LogP contribution is -2.34. The molecule has 4 atom stereocenters. The summed E-state index contributed by atoms with van der Waals surface area (Å²) in [4.78, 5) is 17.5. The molecular formula is C16H18N6O4. The molecule has 0 amide bonds. The van der Waals surface area contributed by atoms with Gasteiger partial charge in [-0.3, -0.25) is 14.9 Å². The van der Waals surface area contributed by atoms with Crippen molar-refractivity contribution in [3.05, 3.63) is 43.0 Å². The van der Waals surface area contributed by atoms with E-state index >= 15 is 0 Å². The van der Waals surface area contributed by atoms with Gasteiger partial charge in [-0.15, -0.1) is 0 Å². The van der Waals surface area contributed by atoms with E-state index in [0.29, 0.717) is 11.2 Å². The van der Waals surface area contributed by atoms with Crippen LogP contribution in [0.5, 0.6) is 0 Å². The molecule has 4 rings (SSSR count). The molecule has 0 spiro atoms. The summed E-state index contributed by atoms with van der Waals surface area (Å²) < 4.78 is 7.29. The van der Waals surface area contributed by atoms with Crippen molar-refractivity contribution in [1.29, 1.82) is 0 Å². The lowest BCUT2D eigenvalue weighted by Gasteiger charge is -2.16. The molecule has 26 heavy (non-hydrogen) atoms. The normalized spacial score (nSPS) is 25.6. The molecule has 2 aromatic heterocycles. The number of nitrogens with zero attached hydrogens (tertiary/aromatic N) is 4. The zero-order valence-electron chi connectivity index (χ0n) is 13.6. The van der Waals surface area contributed by atoms with Crippen LogP contribution < -0.4 is 11.2 Å². The molecule has 136 valence electrons. The molecule has 1 saturated heterocycles. The number of rotatable bonds is 5. The predicted octanol–water partition coefficient (Wildman–Crippen LogP) is 0.0714. The zero-order valence-corrected chi connectivity index (χ0v) is 13.6. The van der Waals surface area contributed by atoms with Gasteiger partial charge in [0.1, 0.15) is 36.8 Å². The van der Waals surface area contributed by atoms with Crippen LogP contribution in [0, 0.1) is 0 Å². The molecule has 10 heteroatoms. The van der Waals surface area contributed by atoms with Crippen molar-refractivity contribution in [1.82, 2.24) is 19.5 Å². The largest absolute Gasteiger partial charge is 0.387 e. The van der Waals surface area contributed by atoms with E-state index in [1.807, 2.05) is 30.3 Å². The average Bonchev–Trinajstić information content (AvgIpc) is 3.20. The van der Waals surface area contributed by atoms with Gasteiger partial charge in [0.25, 0.3) is 0 Å². The van der Waals surface area contributed by atoms with Gasteiger partial charge in [-0.2, -0.15) is 0 Å². The number of hydrogen-bond acceptors (Lipinski definition) is 9. The van der Waals surface area contributed by atoms with Crippen molar-refractivity contribution in [3.63, 3.8) is 0 Å². The number of ether oxygens (including phenoxy) is 1. The Kier molecular flexibility index (Phi) is 4.39. The number of imidazole rings is 1. The van der Waals surface area contributed by atoms with Gasteiger partial charge >= 0.3 is 0 Å². The molecule has 0 saturated carbocycles. The second kappa shape index (κ2) is 6.84. The van der Waals surface area contributed by atoms with Gasteiger partial charge in [0.2, 0.25) is 0 Å². The highest BCUT2D eigenvalue weighted by molar-refractivity contribution is 5.81. The number of nitrogen functional groups attached to an aromatic ring is 1. The number of nitrogens with one attached hydrogen (secondary N) is 1. The minimum Gasteiger partial charge on any atom is -0.387 e. The number of fused-ring (bicyclic) bond motifs is 1. The van der Waals surface area contributed by atoms with Gasteiger partial charge in [-0.05, 0) is 12.1 Å². The first-order valence-electron chi connectivity index (χ1n) is 8.02. The fourth-order valence-electron chi connectivity index (χ4n) is 2.87. The maximum atomic E-state index is 10.4. The number of aromatic nitrogens is 4. The summed E-state index contributed by atoms with van der Waals surface area (Å²) in [5.41, 5.74) is 10.1. The predicted molar refractivity (Wildman–Crippen MR) is 91.7 cm³/mol. The quantitative estimate of drug-likeness (QED) is 0.466. The van der Waals surface area contributed by atoms with E-state index in [4.69, 9.17) is 15.3 Å². The van der Waals surface area contributed by atoms with Gasteiger partial charge in [-0.1, -0.05) is 18.2 Å². The fourth-order valence-corrected chi connectivity index (χ4v) is 2.87. The van der Waals surface area contributed by atoms with Crippen molar-refractivity contribution in [2.24, 2.45) is 0 Å². The van der Waals surface area contributed by atoms with Crippen molar-refractivity contribution in [2.45, 2.75) is 24.5 Å². The van der Waals surface area contributed by atoms with Crippen LogP contribution in [0.15, 0.2) is 43.0 Å². The van der Waals surface area contributed by atoms with E-state index in [1.165, 1.54) is 17.2 Å². The van der Waals surface area contributed by atoms with Gasteiger partial charge in [0, 0.05) is 0 Å². The summed E-state index contributed by atoms with van der Waals surface area (Å²) in [6.45, 7) is 0.0351. The van der Waals surface area contributed by atoms with Crippen LogP contribution in [0.3, 0.4) is 0 Å². The number of nitrogens with two attached hydrogens (primary N) is 1. The Labute approximate surface area is 148 Å². The molecule has 0 aliphatic carbocycles. The van der Waals surface area contributed by atoms with Crippen molar-refractivity contribution in [3.8, 4) is 0 Å². The SMILES string of the molecule is Nc1ncnc2c1ncn2[C@H]1O[C@H](CONc2ccccc2)[C@@H](O)[C@H]1O. The Morgan fingerprint density at radius 3 is 2.77 bits per heavy atom. The van der Waals surface area contributed by atoms with Gasteiger partial charge in [0.05, 0.1) is 12.0 Å². The molecule has 0 unspecified atom stereocenters. The number of para-hydroxylation sites is 1. The van der Waals surface area contributed by atoms with E-state index in [1.54, 1.807) is 0 Å². The monoisotopic (exact) mass is 358 g/mol. The van der Waals surface area contributed by atoms with E-state index in [-0.39, 0.29) is 12.4 Å². The maximum Gasteiger partial charge on any atom is 0.167 e. The number of anilines is 2. The molecule has 1 fully saturated rings. The van der Waals surface area contributed by atoms with Crippen LogP contribution in [0.4, 0.5) is 11.5 Å². The Bertz CT molecular complexity index is 889. The molecule has 1 aliphatic rings. The van der Waals surface area contributed by atoms with Crippen LogP contribution in [-0.2, 0) is 9.57 Å². The minimum atomic E-state index is -1.17. The summed E-state index contributed by atoms with van der Waals surface area (Å²) in [7, 11) is 0. The van der Waals surface area contributed by atoms with Crippen molar-refractivity contribution in [2.75, 3.05) is 17.8 Å². The van der Waals surface area contributed by atoms with E-state index < -0.39 is 24.5 Å². The van der Waals surface area contributed by atoms with E-state index in [0.717, 1.165) is 5.69 Å². The van der Waals surface area contributed by atoms with E-state index in [2.05, 4.69) is 20.4 Å². The Morgan fingerprint density at radius 1 is 1.15 bits per heavy atom. The summed E-state index contributed by atoms with van der Waals surface area (Å²) in [5.74, 6) is 0.230. The highest BCUT2D eigenvalue weighted by atomic mass is 16.7. The minimum absolute atomic E-state index is 0.0351. The molecule has 0 bridgehead atoms. The fraction of sp³-hybridized carbons (Fsp3) is 0.312. The number of aliphatic hydroxyl groups is 2. The molecule has 1 aromatic carbocycles. The molecule has 3 heterocycles. The topological polar surface area (TPSA) is 141 Å². The Hall–Kier alpha value is -2.79. The standard InChI is InChI=1S/C16H18N6O4/c17-14-11-15(19-7-18-14)22(8-20-11)16-13(24)12(23)10(26-16)6-25-21-9-4-2-1-3-5-9/h1-5,7-8,10,12-13,16,21,23-24H,6H2,(H2,17,18,19)/t10-,12-,13-,16+/m1/s1. The third kappa shape index (κ3) is 2.95. The molecule has 10 nitrogen and oxygen atoms in total. The van der Waals surface area contributed by atoms with Crippen LogP contribution >= 0.6 is 0 Å². The zero-order chi connectivity index (χ0) is 18.1. The Balaban J connectivity index is 1.46. The summed E-state index contributed by atoms with van der Waals surface area (Å²) in [5, 5.41) is 20.6. The highest BCUT2D eigenvalue weighted by Crippen LogP contribution is 2.32. The Morgan fingerprint density at radius 2 is 1.96 bits per heavy atom. The van der Waals surface area contributed by atoms with Gasteiger partial charge in [0.15, 0.2) is 17.7 Å². The van der Waals surface area contributed by atoms with Gasteiger partial charge < -0.3 is 20.7 Å². The first kappa shape index (κ1) is 16.7. The first-order valence-corrected chi connectivity index (χ1v) is 8.02. The second-order valence-electron chi connectivity index (χ2n) is 5.91. The number of hydrogen-bond donors (Lipinski definition) is 4. The van der Waals surface area contributed by atoms with Crippen LogP contribution in [0.25, 0.3) is 11.2 Å². The smallest absolute Gasteiger partial charge is 0.167 e. The molecule has 0 radical (unpaired) electrons. The second-order valence-corrected chi connectivity index (χ2v) is 5.91. The third-order valence-electron chi connectivity index (χ3n) is 4.21. The number of aliphatic hydroxyl groups excluding tert-OH is 2. The summed E-state index contributed by atoms with van der Waals surface area (Å²) >= 11 is 0. The van der Waals surface area contributed by atoms with Crippen LogP contribution in [0.2, 0.25) is 0 Å². The maximum absolute atomic E-state index is 10.4. The lowest BCUT2D eigenvalue weighted by molar-refractivity contribution is -0.0582. The van der Waals surface area contributed by atoms with Crippen molar-refractivity contribution < 1.29 is 19.8 Å². The van der Waals surface area contributed by atoms with Crippen LogP contribution in [-0.4, -0.2) is 54.7 Å². The average molecular weight is 358 g/mol. The molecular weight excluding hydrogens is 340 g/mol. The highest BCUT2D eigenvalue weighted by Gasteiger charge is 2.44. The van der Waals surface area contributed by atoms with E-state index in [9.17, 15) is 10.2 Å². The third-order valence-corrected chi connectivity index (χ3v) is 4.21. The molecule has 5 N–H and O–H groups in total. The summed E-state index contributed by atoms with van der Waals surface area (Å²) in [6.07, 6.45) is -1.15. The number of benzene rings is 1. The summed E-state index contributed by atoms with van der Waals surface area (Å²) in [6, 6.07) is 9.30. The molecule has 1 aliphatic heterocycles. The lowest BCUT2D eigenvalue weighted by atomic mass is 10.1. The van der Waals surface area contributed by atoms with Crippen molar-refractivity contribution >= 4 is 22.7 Å². The molecule has 3 aromatic rings. The van der Waals surface area contributed by atoms with Gasteiger partial charge in [-0.25, -0.2) is 15.0 Å². The first-order chi connectivity index (χ1) is 12.6. The van der Waals surface area contributed by atoms with Crippen LogP contribution in [0.1, 0.15) is 6.23 Å².